The molecule has 0 fully saturated rings. The number of anilines is 1. The van der Waals surface area contributed by atoms with Crippen LogP contribution in [0.4, 0.5) is 11.4 Å². The van der Waals surface area contributed by atoms with Crippen LogP contribution in [0.25, 0.3) is 0 Å². The Morgan fingerprint density at radius 1 is 1.19 bits per heavy atom. The smallest absolute Gasteiger partial charge is 0.292 e. The zero-order chi connectivity index (χ0) is 15.6. The quantitative estimate of drug-likeness (QED) is 0.512. The zero-order valence-electron chi connectivity index (χ0n) is 10.1. The summed E-state index contributed by atoms with van der Waals surface area (Å²) in [7, 11) is 0. The molecule has 0 spiro atoms. The lowest BCUT2D eigenvalue weighted by Gasteiger charge is -2.07. The second-order valence-electron chi connectivity index (χ2n) is 3.84. The number of aromatic nitrogens is 1. The molecule has 1 N–H and O–H groups in total. The van der Waals surface area contributed by atoms with Crippen LogP contribution < -0.4 is 5.32 Å². The first kappa shape index (κ1) is 15.5. The minimum atomic E-state index is -0.729. The molecule has 108 valence electrons. The Morgan fingerprint density at radius 3 is 2.57 bits per heavy atom. The summed E-state index contributed by atoms with van der Waals surface area (Å²) in [6, 6.07) is 6.61. The molecule has 0 unspecified atom stereocenters. The van der Waals surface area contributed by atoms with Crippen LogP contribution in [0.5, 0.6) is 0 Å². The molecule has 0 saturated carbocycles. The van der Waals surface area contributed by atoms with Gasteiger partial charge in [-0.25, -0.2) is 4.98 Å². The van der Waals surface area contributed by atoms with Crippen LogP contribution in [0, 0.1) is 10.1 Å². The van der Waals surface area contributed by atoms with E-state index < -0.39 is 10.8 Å². The maximum atomic E-state index is 12.1. The monoisotopic (exact) mass is 345 g/mol. The number of amides is 1. The van der Waals surface area contributed by atoms with Gasteiger partial charge in [-0.15, -0.1) is 0 Å². The van der Waals surface area contributed by atoms with Gasteiger partial charge in [0.25, 0.3) is 11.6 Å². The number of benzene rings is 1. The average molecular weight is 347 g/mol. The molecule has 1 aromatic heterocycles. The van der Waals surface area contributed by atoms with Crippen LogP contribution in [0.1, 0.15) is 10.5 Å². The Hall–Kier alpha value is -1.89. The first-order chi connectivity index (χ1) is 9.88. The molecule has 6 nitrogen and oxygen atoms in total. The number of hydrogen-bond acceptors (Lipinski definition) is 4. The number of hydrogen-bond donors (Lipinski definition) is 1. The molecule has 1 heterocycles. The van der Waals surface area contributed by atoms with Crippen LogP contribution in [0.15, 0.2) is 30.3 Å². The summed E-state index contributed by atoms with van der Waals surface area (Å²) >= 11 is 17.3. The van der Waals surface area contributed by atoms with Crippen LogP contribution >= 0.6 is 34.8 Å². The highest BCUT2D eigenvalue weighted by molar-refractivity contribution is 6.35. The molecule has 0 bridgehead atoms. The van der Waals surface area contributed by atoms with Crippen LogP contribution in [0.2, 0.25) is 15.2 Å². The highest BCUT2D eigenvalue weighted by atomic mass is 35.5. The Morgan fingerprint density at radius 2 is 1.90 bits per heavy atom. The third-order valence-electron chi connectivity index (χ3n) is 2.43. The van der Waals surface area contributed by atoms with Gasteiger partial charge in [-0.3, -0.25) is 14.9 Å². The fraction of sp³-hybridized carbons (Fsp3) is 0. The summed E-state index contributed by atoms with van der Waals surface area (Å²) < 4.78 is 0. The van der Waals surface area contributed by atoms with E-state index in [0.717, 1.165) is 0 Å². The Balaban J connectivity index is 2.38. The molecule has 2 rings (SSSR count). The molecular weight excluding hydrogens is 341 g/mol. The van der Waals surface area contributed by atoms with E-state index in [4.69, 9.17) is 34.8 Å². The predicted octanol–water partition coefficient (Wildman–Crippen LogP) is 4.20. The second kappa shape index (κ2) is 6.26. The van der Waals surface area contributed by atoms with Crippen molar-refractivity contribution in [3.63, 3.8) is 0 Å². The summed E-state index contributed by atoms with van der Waals surface area (Å²) in [5.74, 6) is -0.729. The fourth-order valence-electron chi connectivity index (χ4n) is 1.53. The van der Waals surface area contributed by atoms with Crippen molar-refractivity contribution >= 4 is 52.1 Å². The van der Waals surface area contributed by atoms with Crippen molar-refractivity contribution in [3.8, 4) is 0 Å². The van der Waals surface area contributed by atoms with Crippen molar-refractivity contribution < 1.29 is 9.72 Å². The zero-order valence-corrected chi connectivity index (χ0v) is 12.4. The fourth-order valence-corrected chi connectivity index (χ4v) is 2.04. The van der Waals surface area contributed by atoms with Crippen molar-refractivity contribution in [2.24, 2.45) is 0 Å². The van der Waals surface area contributed by atoms with E-state index in [-0.39, 0.29) is 32.3 Å². The van der Waals surface area contributed by atoms with Crippen LogP contribution in [-0.4, -0.2) is 15.8 Å². The standard InChI is InChI=1S/C12H6Cl3N3O3/c13-6-1-3-9(18(20)21)8(5-6)16-12(19)11-7(14)2-4-10(15)17-11/h1-5H,(H,16,19). The van der Waals surface area contributed by atoms with E-state index in [0.29, 0.717) is 0 Å². The van der Waals surface area contributed by atoms with Gasteiger partial charge >= 0.3 is 0 Å². The number of nitro benzene ring substituents is 1. The molecule has 0 atom stereocenters. The number of nitrogens with one attached hydrogen (secondary N) is 1. The Labute approximate surface area is 133 Å². The first-order valence-corrected chi connectivity index (χ1v) is 6.59. The van der Waals surface area contributed by atoms with Gasteiger partial charge in [-0.2, -0.15) is 0 Å². The third kappa shape index (κ3) is 3.60. The Kier molecular flexibility index (Phi) is 4.62. The number of nitrogens with zero attached hydrogens (tertiary/aromatic N) is 2. The summed E-state index contributed by atoms with van der Waals surface area (Å²) in [5, 5.41) is 13.6. The van der Waals surface area contributed by atoms with Gasteiger partial charge in [-0.05, 0) is 24.3 Å². The molecule has 0 aliphatic carbocycles. The van der Waals surface area contributed by atoms with Crippen molar-refractivity contribution in [1.29, 1.82) is 0 Å². The van der Waals surface area contributed by atoms with Crippen molar-refractivity contribution in [1.82, 2.24) is 4.98 Å². The molecule has 9 heteroatoms. The lowest BCUT2D eigenvalue weighted by atomic mass is 10.2. The topological polar surface area (TPSA) is 85.1 Å². The number of nitro groups is 1. The minimum Gasteiger partial charge on any atom is -0.315 e. The van der Waals surface area contributed by atoms with Gasteiger partial charge in [0.05, 0.1) is 9.95 Å². The van der Waals surface area contributed by atoms with Gasteiger partial charge in [0.1, 0.15) is 16.5 Å². The molecule has 0 aliphatic rings. The highest BCUT2D eigenvalue weighted by Gasteiger charge is 2.19. The van der Waals surface area contributed by atoms with Crippen molar-refractivity contribution in [2.45, 2.75) is 0 Å². The number of carbonyl (C=O) groups is 1. The largest absolute Gasteiger partial charge is 0.315 e. The van der Waals surface area contributed by atoms with E-state index in [9.17, 15) is 14.9 Å². The van der Waals surface area contributed by atoms with E-state index in [1.807, 2.05) is 0 Å². The number of halogens is 3. The highest BCUT2D eigenvalue weighted by Crippen LogP contribution is 2.28. The van der Waals surface area contributed by atoms with Gasteiger partial charge in [0.2, 0.25) is 0 Å². The second-order valence-corrected chi connectivity index (χ2v) is 5.07. The van der Waals surface area contributed by atoms with Crippen LogP contribution in [0.3, 0.4) is 0 Å². The summed E-state index contributed by atoms with van der Waals surface area (Å²) in [5.41, 5.74) is -0.500. The van der Waals surface area contributed by atoms with Gasteiger partial charge < -0.3 is 5.32 Å². The van der Waals surface area contributed by atoms with Crippen LogP contribution in [-0.2, 0) is 0 Å². The Bertz CT molecular complexity index is 737. The van der Waals surface area contributed by atoms with Crippen molar-refractivity contribution in [2.75, 3.05) is 5.32 Å². The normalized spacial score (nSPS) is 10.2. The van der Waals surface area contributed by atoms with Crippen molar-refractivity contribution in [3.05, 3.63) is 61.3 Å². The molecule has 0 saturated heterocycles. The molecular formula is C12H6Cl3N3O3. The maximum absolute atomic E-state index is 12.1. The summed E-state index contributed by atoms with van der Waals surface area (Å²) in [4.78, 5) is 26.2. The lowest BCUT2D eigenvalue weighted by molar-refractivity contribution is -0.383. The number of rotatable bonds is 3. The first-order valence-electron chi connectivity index (χ1n) is 5.46. The van der Waals surface area contributed by atoms with E-state index >= 15 is 0 Å². The SMILES string of the molecule is O=C(Nc1cc(Cl)ccc1[N+](=O)[O-])c1nc(Cl)ccc1Cl. The predicted molar refractivity (Wildman–Crippen MR) is 80.3 cm³/mol. The molecule has 21 heavy (non-hydrogen) atoms. The third-order valence-corrected chi connectivity index (χ3v) is 3.18. The van der Waals surface area contributed by atoms with E-state index in [1.165, 1.54) is 30.3 Å². The molecule has 1 aromatic carbocycles. The van der Waals surface area contributed by atoms with E-state index in [1.54, 1.807) is 0 Å². The van der Waals surface area contributed by atoms with Gasteiger partial charge in [0.15, 0.2) is 0 Å². The number of pyridine rings is 1. The maximum Gasteiger partial charge on any atom is 0.292 e. The molecule has 0 aliphatic heterocycles. The van der Waals surface area contributed by atoms with Gasteiger partial charge in [0, 0.05) is 11.1 Å². The molecule has 0 radical (unpaired) electrons. The van der Waals surface area contributed by atoms with E-state index in [2.05, 4.69) is 10.3 Å². The number of carbonyl (C=O) groups excluding carboxylic acids is 1. The molecule has 2 aromatic rings. The molecule has 1 amide bonds. The van der Waals surface area contributed by atoms with Gasteiger partial charge in [-0.1, -0.05) is 34.8 Å². The summed E-state index contributed by atoms with van der Waals surface area (Å²) in [6.07, 6.45) is 0. The summed E-state index contributed by atoms with van der Waals surface area (Å²) in [6.45, 7) is 0. The average Bonchev–Trinajstić information content (AvgIpc) is 2.41. The minimum absolute atomic E-state index is 0.0599. The lowest BCUT2D eigenvalue weighted by Crippen LogP contribution is -2.15.